The Kier molecular flexibility index (Phi) is 6.31. The number of benzene rings is 1. The highest BCUT2D eigenvalue weighted by Crippen LogP contribution is 2.31. The van der Waals surface area contributed by atoms with Crippen molar-refractivity contribution in [3.63, 3.8) is 0 Å². The molecule has 0 aliphatic heterocycles. The molecule has 1 aromatic carbocycles. The second-order valence-electron chi connectivity index (χ2n) is 6.49. The van der Waals surface area contributed by atoms with Gasteiger partial charge in [-0.25, -0.2) is 0 Å². The molecule has 0 aromatic heterocycles. The first-order valence-corrected chi connectivity index (χ1v) is 8.39. The standard InChI is InChI=1S/C18H28N2O4/c1-18(19)7-5-4-6-16(18)17(21)20-8-9-24-15-11-13(22-2)10-14(12-15)23-3/h10-12,16H,4-9,19H2,1-3H3,(H,20,21). The Bertz CT molecular complexity index is 538. The van der Waals surface area contributed by atoms with Crippen molar-refractivity contribution in [2.75, 3.05) is 27.4 Å². The highest BCUT2D eigenvalue weighted by atomic mass is 16.5. The lowest BCUT2D eigenvalue weighted by Crippen LogP contribution is -2.53. The van der Waals surface area contributed by atoms with E-state index in [9.17, 15) is 4.79 Å². The van der Waals surface area contributed by atoms with Crippen LogP contribution in [0.25, 0.3) is 0 Å². The summed E-state index contributed by atoms with van der Waals surface area (Å²) in [6, 6.07) is 5.34. The molecule has 0 bridgehead atoms. The van der Waals surface area contributed by atoms with Crippen LogP contribution in [0.2, 0.25) is 0 Å². The number of methoxy groups -OCH3 is 2. The summed E-state index contributed by atoms with van der Waals surface area (Å²) in [6.45, 7) is 2.77. The number of hydrogen-bond donors (Lipinski definition) is 2. The average molecular weight is 336 g/mol. The fourth-order valence-electron chi connectivity index (χ4n) is 3.12. The molecule has 0 spiro atoms. The second-order valence-corrected chi connectivity index (χ2v) is 6.49. The van der Waals surface area contributed by atoms with Gasteiger partial charge in [-0.15, -0.1) is 0 Å². The minimum absolute atomic E-state index is 0.0199. The van der Waals surface area contributed by atoms with Gasteiger partial charge in [0.15, 0.2) is 0 Å². The van der Waals surface area contributed by atoms with Gasteiger partial charge >= 0.3 is 0 Å². The first-order chi connectivity index (χ1) is 11.5. The summed E-state index contributed by atoms with van der Waals surface area (Å²) < 4.78 is 16.1. The van der Waals surface area contributed by atoms with E-state index < -0.39 is 5.54 Å². The van der Waals surface area contributed by atoms with Crippen molar-refractivity contribution in [3.05, 3.63) is 18.2 Å². The molecule has 6 heteroatoms. The molecule has 3 N–H and O–H groups in total. The maximum Gasteiger partial charge on any atom is 0.225 e. The number of nitrogens with one attached hydrogen (secondary N) is 1. The van der Waals surface area contributed by atoms with Gasteiger partial charge in [0, 0.05) is 23.7 Å². The number of ether oxygens (including phenoxy) is 3. The third-order valence-corrected chi connectivity index (χ3v) is 4.57. The molecule has 1 amide bonds. The Morgan fingerprint density at radius 1 is 1.21 bits per heavy atom. The molecular weight excluding hydrogens is 308 g/mol. The predicted molar refractivity (Wildman–Crippen MR) is 92.6 cm³/mol. The van der Waals surface area contributed by atoms with Crippen molar-refractivity contribution in [1.29, 1.82) is 0 Å². The first-order valence-electron chi connectivity index (χ1n) is 8.39. The van der Waals surface area contributed by atoms with Crippen LogP contribution in [0.1, 0.15) is 32.6 Å². The Hall–Kier alpha value is -1.95. The van der Waals surface area contributed by atoms with Crippen LogP contribution >= 0.6 is 0 Å². The normalized spacial score (nSPS) is 23.4. The summed E-state index contributed by atoms with van der Waals surface area (Å²) in [7, 11) is 3.18. The van der Waals surface area contributed by atoms with Crippen LogP contribution in [0, 0.1) is 5.92 Å². The molecule has 2 atom stereocenters. The number of carbonyl (C=O) groups is 1. The third-order valence-electron chi connectivity index (χ3n) is 4.57. The van der Waals surface area contributed by atoms with Gasteiger partial charge in [-0.05, 0) is 19.8 Å². The minimum atomic E-state index is -0.413. The summed E-state index contributed by atoms with van der Waals surface area (Å²) >= 11 is 0. The van der Waals surface area contributed by atoms with Crippen molar-refractivity contribution in [3.8, 4) is 17.2 Å². The van der Waals surface area contributed by atoms with Gasteiger partial charge in [0.25, 0.3) is 0 Å². The summed E-state index contributed by atoms with van der Waals surface area (Å²) in [5.74, 6) is 1.86. The van der Waals surface area contributed by atoms with Crippen molar-refractivity contribution in [2.45, 2.75) is 38.1 Å². The molecular formula is C18H28N2O4. The summed E-state index contributed by atoms with van der Waals surface area (Å²) in [5, 5.41) is 2.93. The second kappa shape index (κ2) is 8.24. The Balaban J connectivity index is 1.81. The summed E-state index contributed by atoms with van der Waals surface area (Å²) in [4.78, 5) is 12.3. The van der Waals surface area contributed by atoms with Crippen molar-refractivity contribution < 1.29 is 19.0 Å². The van der Waals surface area contributed by atoms with E-state index in [2.05, 4.69) is 5.32 Å². The SMILES string of the molecule is COc1cc(OC)cc(OCCNC(=O)C2CCCCC2(C)N)c1. The van der Waals surface area contributed by atoms with Crippen LogP contribution in [0.15, 0.2) is 18.2 Å². The molecule has 0 radical (unpaired) electrons. The maximum absolute atomic E-state index is 12.3. The van der Waals surface area contributed by atoms with E-state index in [4.69, 9.17) is 19.9 Å². The molecule has 134 valence electrons. The minimum Gasteiger partial charge on any atom is -0.496 e. The zero-order valence-corrected chi connectivity index (χ0v) is 14.8. The molecule has 0 saturated heterocycles. The molecule has 2 unspecified atom stereocenters. The van der Waals surface area contributed by atoms with Crippen molar-refractivity contribution in [1.82, 2.24) is 5.32 Å². The largest absolute Gasteiger partial charge is 0.496 e. The predicted octanol–water partition coefficient (Wildman–Crippen LogP) is 2.11. The van der Waals surface area contributed by atoms with Gasteiger partial charge in [-0.1, -0.05) is 12.8 Å². The van der Waals surface area contributed by atoms with E-state index in [0.717, 1.165) is 25.7 Å². The fourth-order valence-corrected chi connectivity index (χ4v) is 3.12. The third kappa shape index (κ3) is 4.77. The number of carbonyl (C=O) groups excluding carboxylic acids is 1. The van der Waals surface area contributed by atoms with Gasteiger partial charge < -0.3 is 25.3 Å². The molecule has 1 aliphatic rings. The van der Waals surface area contributed by atoms with Gasteiger partial charge in [0.05, 0.1) is 26.7 Å². The molecule has 1 aliphatic carbocycles. The molecule has 6 nitrogen and oxygen atoms in total. The lowest BCUT2D eigenvalue weighted by Gasteiger charge is -2.37. The van der Waals surface area contributed by atoms with Crippen molar-refractivity contribution >= 4 is 5.91 Å². The molecule has 2 rings (SSSR count). The topological polar surface area (TPSA) is 82.8 Å². The molecule has 1 saturated carbocycles. The summed E-state index contributed by atoms with van der Waals surface area (Å²) in [5.41, 5.74) is 5.85. The first kappa shape index (κ1) is 18.4. The van der Waals surface area contributed by atoms with Crippen LogP contribution in [0.4, 0.5) is 0 Å². The maximum atomic E-state index is 12.3. The zero-order valence-electron chi connectivity index (χ0n) is 14.8. The van der Waals surface area contributed by atoms with Crippen molar-refractivity contribution in [2.24, 2.45) is 11.7 Å². The molecule has 1 fully saturated rings. The number of hydrogen-bond acceptors (Lipinski definition) is 5. The lowest BCUT2D eigenvalue weighted by molar-refractivity contribution is -0.128. The van der Waals surface area contributed by atoms with E-state index in [1.165, 1.54) is 0 Å². The van der Waals surface area contributed by atoms with E-state index in [0.29, 0.717) is 30.4 Å². The Morgan fingerprint density at radius 3 is 2.42 bits per heavy atom. The van der Waals surface area contributed by atoms with E-state index in [1.54, 1.807) is 32.4 Å². The number of amides is 1. The van der Waals surface area contributed by atoms with E-state index in [-0.39, 0.29) is 11.8 Å². The monoisotopic (exact) mass is 336 g/mol. The molecule has 0 heterocycles. The van der Waals surface area contributed by atoms with Crippen LogP contribution in [0.3, 0.4) is 0 Å². The molecule has 24 heavy (non-hydrogen) atoms. The number of rotatable bonds is 7. The smallest absolute Gasteiger partial charge is 0.225 e. The quantitative estimate of drug-likeness (QED) is 0.745. The van der Waals surface area contributed by atoms with Gasteiger partial charge in [-0.3, -0.25) is 4.79 Å². The average Bonchev–Trinajstić information content (AvgIpc) is 2.57. The fraction of sp³-hybridized carbons (Fsp3) is 0.611. The van der Waals surface area contributed by atoms with Gasteiger partial charge in [-0.2, -0.15) is 0 Å². The van der Waals surface area contributed by atoms with E-state index in [1.807, 2.05) is 6.92 Å². The summed E-state index contributed by atoms with van der Waals surface area (Å²) in [6.07, 6.45) is 3.90. The van der Waals surface area contributed by atoms with Crippen LogP contribution < -0.4 is 25.3 Å². The van der Waals surface area contributed by atoms with Gasteiger partial charge in [0.1, 0.15) is 23.9 Å². The van der Waals surface area contributed by atoms with E-state index >= 15 is 0 Å². The van der Waals surface area contributed by atoms with Gasteiger partial charge in [0.2, 0.25) is 5.91 Å². The van der Waals surface area contributed by atoms with Crippen LogP contribution in [-0.2, 0) is 4.79 Å². The Labute approximate surface area is 143 Å². The number of nitrogens with two attached hydrogens (primary N) is 1. The Morgan fingerprint density at radius 2 is 1.83 bits per heavy atom. The molecule has 1 aromatic rings. The lowest BCUT2D eigenvalue weighted by atomic mass is 9.74. The van der Waals surface area contributed by atoms with Crippen LogP contribution in [-0.4, -0.2) is 38.8 Å². The highest BCUT2D eigenvalue weighted by molar-refractivity contribution is 5.80. The van der Waals surface area contributed by atoms with Crippen LogP contribution in [0.5, 0.6) is 17.2 Å². The zero-order chi connectivity index (χ0) is 17.6. The highest BCUT2D eigenvalue weighted by Gasteiger charge is 2.37.